The second-order valence-electron chi connectivity index (χ2n) is 4.69. The van der Waals surface area contributed by atoms with E-state index in [1.807, 2.05) is 6.92 Å². The third-order valence-electron chi connectivity index (χ3n) is 3.14. The minimum atomic E-state index is -3.29. The fourth-order valence-corrected chi connectivity index (χ4v) is 4.48. The molecule has 6 heteroatoms. The molecule has 0 aromatic heterocycles. The Morgan fingerprint density at radius 3 is 2.76 bits per heavy atom. The maximum atomic E-state index is 12.1. The second-order valence-corrected chi connectivity index (χ2v) is 7.70. The Balaban J connectivity index is 2.49. The average molecular weight is 327 g/mol. The number of alkyl halides is 1. The third kappa shape index (κ3) is 4.85. The number of rotatable bonds is 6. The van der Waals surface area contributed by atoms with Gasteiger partial charge in [0, 0.05) is 24.0 Å². The maximum Gasteiger partial charge on any atom is 0.279 e. The number of hydrogen-bond donors (Lipinski definition) is 1. The predicted molar refractivity (Wildman–Crippen MR) is 74.6 cm³/mol. The molecule has 1 N–H and O–H groups in total. The van der Waals surface area contributed by atoms with Gasteiger partial charge in [-0.1, -0.05) is 35.7 Å². The molecule has 17 heavy (non-hydrogen) atoms. The molecule has 1 aliphatic heterocycles. The van der Waals surface area contributed by atoms with E-state index in [1.54, 1.807) is 4.31 Å². The molecule has 1 aliphatic rings. The van der Waals surface area contributed by atoms with Gasteiger partial charge in [-0.2, -0.15) is 12.7 Å². The Kier molecular flexibility index (Phi) is 6.40. The van der Waals surface area contributed by atoms with Crippen LogP contribution in [-0.4, -0.2) is 36.7 Å². The van der Waals surface area contributed by atoms with Crippen LogP contribution < -0.4 is 4.72 Å². The molecule has 2 unspecified atom stereocenters. The molecule has 1 heterocycles. The minimum absolute atomic E-state index is 0.126. The van der Waals surface area contributed by atoms with E-state index >= 15 is 0 Å². The van der Waals surface area contributed by atoms with Gasteiger partial charge in [-0.3, -0.25) is 0 Å². The fourth-order valence-electron chi connectivity index (χ4n) is 2.12. The quantitative estimate of drug-likeness (QED) is 0.761. The zero-order valence-corrected chi connectivity index (χ0v) is 13.1. The molecule has 0 radical (unpaired) electrons. The predicted octanol–water partition coefficient (Wildman–Crippen LogP) is 2.26. The van der Waals surface area contributed by atoms with Gasteiger partial charge in [0.2, 0.25) is 0 Å². The average Bonchev–Trinajstić information content (AvgIpc) is 2.27. The number of piperidine rings is 1. The van der Waals surface area contributed by atoms with Gasteiger partial charge in [-0.05, 0) is 26.2 Å². The summed E-state index contributed by atoms with van der Waals surface area (Å²) in [4.78, 5) is 0.224. The molecule has 0 spiro atoms. The lowest BCUT2D eigenvalue weighted by Crippen LogP contribution is -2.48. The number of nitrogens with zero attached hydrogens (tertiary/aromatic N) is 1. The molecule has 4 nitrogen and oxygen atoms in total. The Morgan fingerprint density at radius 1 is 1.47 bits per heavy atom. The van der Waals surface area contributed by atoms with E-state index in [2.05, 4.69) is 27.6 Å². The summed E-state index contributed by atoms with van der Waals surface area (Å²) in [5.41, 5.74) is 0. The van der Waals surface area contributed by atoms with Gasteiger partial charge in [-0.15, -0.1) is 0 Å². The lowest BCUT2D eigenvalue weighted by molar-refractivity contribution is 0.265. The molecule has 0 saturated carbocycles. The normalized spacial score (nSPS) is 24.8. The van der Waals surface area contributed by atoms with E-state index in [4.69, 9.17) is 0 Å². The van der Waals surface area contributed by atoms with Gasteiger partial charge >= 0.3 is 0 Å². The lowest BCUT2D eigenvalue weighted by Gasteiger charge is -2.32. The summed E-state index contributed by atoms with van der Waals surface area (Å²) < 4.78 is 28.5. The molecule has 102 valence electrons. The summed E-state index contributed by atoms with van der Waals surface area (Å²) in [6.07, 6.45) is 5.10. The van der Waals surface area contributed by atoms with E-state index in [-0.39, 0.29) is 10.9 Å². The highest BCUT2D eigenvalue weighted by atomic mass is 79.9. The van der Waals surface area contributed by atoms with E-state index in [0.29, 0.717) is 13.1 Å². The topological polar surface area (TPSA) is 49.4 Å². The zero-order valence-electron chi connectivity index (χ0n) is 10.7. The Bertz CT molecular complexity index is 321. The summed E-state index contributed by atoms with van der Waals surface area (Å²) in [5, 5.41) is 0. The van der Waals surface area contributed by atoms with Crippen LogP contribution in [0.4, 0.5) is 0 Å². The van der Waals surface area contributed by atoms with Crippen LogP contribution in [0.1, 0.15) is 46.0 Å². The molecule has 1 fully saturated rings. The van der Waals surface area contributed by atoms with Crippen molar-refractivity contribution in [2.75, 3.05) is 13.1 Å². The molecule has 0 aromatic carbocycles. The second kappa shape index (κ2) is 7.07. The van der Waals surface area contributed by atoms with Crippen molar-refractivity contribution in [1.82, 2.24) is 9.03 Å². The summed E-state index contributed by atoms with van der Waals surface area (Å²) in [5.74, 6) is 0. The molecule has 0 amide bonds. The maximum absolute atomic E-state index is 12.1. The Labute approximate surface area is 113 Å². The highest BCUT2D eigenvalue weighted by Gasteiger charge is 2.29. The van der Waals surface area contributed by atoms with Gasteiger partial charge in [0.25, 0.3) is 10.2 Å². The summed E-state index contributed by atoms with van der Waals surface area (Å²) >= 11 is 3.48. The first-order chi connectivity index (χ1) is 7.97. The first kappa shape index (κ1) is 15.4. The fraction of sp³-hybridized carbons (Fsp3) is 1.00. The molecule has 0 aromatic rings. The van der Waals surface area contributed by atoms with Gasteiger partial charge in [0.1, 0.15) is 0 Å². The smallest absolute Gasteiger partial charge is 0.201 e. The molecule has 1 saturated heterocycles. The van der Waals surface area contributed by atoms with Crippen molar-refractivity contribution >= 4 is 26.1 Å². The molecule has 0 bridgehead atoms. The van der Waals surface area contributed by atoms with E-state index in [9.17, 15) is 8.42 Å². The number of halogens is 1. The third-order valence-corrected chi connectivity index (χ3v) is 5.61. The summed E-state index contributed by atoms with van der Waals surface area (Å²) in [7, 11) is -3.29. The van der Waals surface area contributed by atoms with Crippen LogP contribution in [0.5, 0.6) is 0 Å². The molecule has 2 atom stereocenters. The van der Waals surface area contributed by atoms with Crippen molar-refractivity contribution in [2.24, 2.45) is 0 Å². The van der Waals surface area contributed by atoms with Crippen molar-refractivity contribution in [2.45, 2.75) is 56.8 Å². The number of nitrogens with one attached hydrogen (secondary N) is 1. The summed E-state index contributed by atoms with van der Waals surface area (Å²) in [6.45, 7) is 5.20. The van der Waals surface area contributed by atoms with Crippen molar-refractivity contribution in [3.63, 3.8) is 0 Å². The molecular weight excluding hydrogens is 304 g/mol. The summed E-state index contributed by atoms with van der Waals surface area (Å²) in [6, 6.07) is 0.126. The highest BCUT2D eigenvalue weighted by Crippen LogP contribution is 2.19. The van der Waals surface area contributed by atoms with E-state index < -0.39 is 10.2 Å². The van der Waals surface area contributed by atoms with Crippen LogP contribution >= 0.6 is 15.9 Å². The Hall–Kier alpha value is 0.350. The molecule has 0 aliphatic carbocycles. The van der Waals surface area contributed by atoms with Crippen LogP contribution in [-0.2, 0) is 10.2 Å². The monoisotopic (exact) mass is 326 g/mol. The van der Waals surface area contributed by atoms with Gasteiger partial charge in [-0.25, -0.2) is 4.72 Å². The molecular formula is C11H23BrN2O2S. The van der Waals surface area contributed by atoms with Crippen molar-refractivity contribution in [3.8, 4) is 0 Å². The Morgan fingerprint density at radius 2 is 2.18 bits per heavy atom. The first-order valence-corrected chi connectivity index (χ1v) is 8.73. The van der Waals surface area contributed by atoms with Crippen LogP contribution in [0, 0.1) is 0 Å². The largest absolute Gasteiger partial charge is 0.279 e. The number of hydrogen-bond acceptors (Lipinski definition) is 2. The van der Waals surface area contributed by atoms with Crippen LogP contribution in [0.25, 0.3) is 0 Å². The van der Waals surface area contributed by atoms with Crippen LogP contribution in [0.15, 0.2) is 0 Å². The first-order valence-electron chi connectivity index (χ1n) is 6.38. The van der Waals surface area contributed by atoms with E-state index in [0.717, 1.165) is 32.1 Å². The van der Waals surface area contributed by atoms with Crippen LogP contribution in [0.3, 0.4) is 0 Å². The van der Waals surface area contributed by atoms with Crippen molar-refractivity contribution in [1.29, 1.82) is 0 Å². The van der Waals surface area contributed by atoms with Crippen molar-refractivity contribution < 1.29 is 8.42 Å². The van der Waals surface area contributed by atoms with E-state index in [1.165, 1.54) is 0 Å². The SMILES string of the molecule is CCCC(Br)CNS(=O)(=O)N1CCCCC1C. The highest BCUT2D eigenvalue weighted by molar-refractivity contribution is 9.09. The van der Waals surface area contributed by atoms with Gasteiger partial charge < -0.3 is 0 Å². The standard InChI is InChI=1S/C11H23BrN2O2S/c1-3-6-11(12)9-13-17(15,16)14-8-5-4-7-10(14)2/h10-11,13H,3-9H2,1-2H3. The van der Waals surface area contributed by atoms with Gasteiger partial charge in [0.05, 0.1) is 0 Å². The zero-order chi connectivity index (χ0) is 12.9. The molecule has 1 rings (SSSR count). The van der Waals surface area contributed by atoms with Gasteiger partial charge in [0.15, 0.2) is 0 Å². The lowest BCUT2D eigenvalue weighted by atomic mass is 10.1. The minimum Gasteiger partial charge on any atom is -0.201 e. The van der Waals surface area contributed by atoms with Crippen LogP contribution in [0.2, 0.25) is 0 Å². The van der Waals surface area contributed by atoms with Crippen molar-refractivity contribution in [3.05, 3.63) is 0 Å².